The second-order valence-corrected chi connectivity index (χ2v) is 6.15. The predicted molar refractivity (Wildman–Crippen MR) is 75.5 cm³/mol. The second kappa shape index (κ2) is 6.43. The molecule has 2 aliphatic rings. The van der Waals surface area contributed by atoms with Gasteiger partial charge in [0.15, 0.2) is 0 Å². The first-order valence-electron chi connectivity index (χ1n) is 7.48. The lowest BCUT2D eigenvalue weighted by atomic mass is 9.96. The molecule has 114 valence electrons. The van der Waals surface area contributed by atoms with Crippen LogP contribution in [-0.4, -0.2) is 65.7 Å². The molecule has 20 heavy (non-hydrogen) atoms. The number of hydrogen-bond acceptors (Lipinski definition) is 3. The minimum absolute atomic E-state index is 0.0134. The minimum Gasteiger partial charge on any atom is -0.481 e. The van der Waals surface area contributed by atoms with E-state index in [1.54, 1.807) is 0 Å². The highest BCUT2D eigenvalue weighted by Crippen LogP contribution is 2.21. The number of carboxylic acids is 1. The maximum atomic E-state index is 12.1. The highest BCUT2D eigenvalue weighted by molar-refractivity contribution is 5.76. The van der Waals surface area contributed by atoms with E-state index in [0.717, 1.165) is 32.6 Å². The summed E-state index contributed by atoms with van der Waals surface area (Å²) in [4.78, 5) is 27.5. The van der Waals surface area contributed by atoms with Gasteiger partial charge in [-0.25, -0.2) is 4.79 Å². The summed E-state index contributed by atoms with van der Waals surface area (Å²) in [6.07, 6.45) is 2.38. The normalized spacial score (nSPS) is 24.6. The van der Waals surface area contributed by atoms with Crippen LogP contribution in [0.25, 0.3) is 0 Å². The number of amides is 2. The van der Waals surface area contributed by atoms with Crippen molar-refractivity contribution in [2.75, 3.05) is 32.7 Å². The quantitative estimate of drug-likeness (QED) is 0.801. The van der Waals surface area contributed by atoms with Crippen molar-refractivity contribution in [2.45, 2.75) is 32.7 Å². The summed E-state index contributed by atoms with van der Waals surface area (Å²) >= 11 is 0. The number of carboxylic acid groups (broad SMARTS) is 1. The SMILES string of the molecule is CC(C)C(CNC(=O)N1CCN2CCCC2C1)C(=O)O. The lowest BCUT2D eigenvalue weighted by Crippen LogP contribution is -2.55. The zero-order valence-electron chi connectivity index (χ0n) is 12.3. The topological polar surface area (TPSA) is 72.9 Å². The maximum Gasteiger partial charge on any atom is 0.317 e. The Hall–Kier alpha value is -1.30. The third kappa shape index (κ3) is 3.42. The van der Waals surface area contributed by atoms with Gasteiger partial charge in [-0.05, 0) is 25.3 Å². The number of aliphatic carboxylic acids is 1. The number of piperazine rings is 1. The lowest BCUT2D eigenvalue weighted by molar-refractivity contribution is -0.142. The lowest BCUT2D eigenvalue weighted by Gasteiger charge is -2.37. The number of rotatable bonds is 4. The molecule has 0 radical (unpaired) electrons. The Morgan fingerprint density at radius 2 is 2.05 bits per heavy atom. The number of hydrogen-bond donors (Lipinski definition) is 2. The van der Waals surface area contributed by atoms with Crippen LogP contribution in [0.1, 0.15) is 26.7 Å². The molecule has 0 spiro atoms. The maximum absolute atomic E-state index is 12.1. The summed E-state index contributed by atoms with van der Waals surface area (Å²) in [7, 11) is 0. The van der Waals surface area contributed by atoms with E-state index >= 15 is 0 Å². The Bertz CT molecular complexity index is 373. The number of urea groups is 1. The summed E-state index contributed by atoms with van der Waals surface area (Å²) < 4.78 is 0. The number of carbonyl (C=O) groups is 2. The zero-order chi connectivity index (χ0) is 14.7. The second-order valence-electron chi connectivity index (χ2n) is 6.15. The molecule has 2 atom stereocenters. The van der Waals surface area contributed by atoms with Gasteiger partial charge in [-0.15, -0.1) is 0 Å². The molecule has 0 aromatic carbocycles. The Labute approximate surface area is 120 Å². The monoisotopic (exact) mass is 283 g/mol. The molecular formula is C14H25N3O3. The van der Waals surface area contributed by atoms with Gasteiger partial charge in [0.2, 0.25) is 0 Å². The fourth-order valence-corrected chi connectivity index (χ4v) is 3.09. The van der Waals surface area contributed by atoms with Gasteiger partial charge in [-0.1, -0.05) is 13.8 Å². The van der Waals surface area contributed by atoms with Crippen LogP contribution >= 0.6 is 0 Å². The number of carbonyl (C=O) groups excluding carboxylic acids is 1. The first-order chi connectivity index (χ1) is 9.49. The largest absolute Gasteiger partial charge is 0.481 e. The number of nitrogens with zero attached hydrogens (tertiary/aromatic N) is 2. The standard InChI is InChI=1S/C14H25N3O3/c1-10(2)12(13(18)19)8-15-14(20)17-7-6-16-5-3-4-11(16)9-17/h10-12H,3-9H2,1-2H3,(H,15,20)(H,18,19). The van der Waals surface area contributed by atoms with Crippen LogP contribution in [0.15, 0.2) is 0 Å². The van der Waals surface area contributed by atoms with Crippen LogP contribution in [0.5, 0.6) is 0 Å². The highest BCUT2D eigenvalue weighted by atomic mass is 16.4. The first-order valence-corrected chi connectivity index (χ1v) is 7.48. The van der Waals surface area contributed by atoms with E-state index in [0.29, 0.717) is 6.04 Å². The molecule has 2 unspecified atom stereocenters. The fourth-order valence-electron chi connectivity index (χ4n) is 3.09. The van der Waals surface area contributed by atoms with Gasteiger partial charge >= 0.3 is 12.0 Å². The molecule has 0 saturated carbocycles. The van der Waals surface area contributed by atoms with Gasteiger partial charge in [0.05, 0.1) is 5.92 Å². The Balaban J connectivity index is 1.81. The summed E-state index contributed by atoms with van der Waals surface area (Å²) in [5, 5.41) is 11.9. The molecule has 2 saturated heterocycles. The highest BCUT2D eigenvalue weighted by Gasteiger charge is 2.32. The predicted octanol–water partition coefficient (Wildman–Crippen LogP) is 0.833. The van der Waals surface area contributed by atoms with Crippen LogP contribution in [0, 0.1) is 11.8 Å². The zero-order valence-corrected chi connectivity index (χ0v) is 12.3. The molecular weight excluding hydrogens is 258 g/mol. The van der Waals surface area contributed by atoms with Gasteiger partial charge in [-0.2, -0.15) is 0 Å². The Morgan fingerprint density at radius 3 is 2.70 bits per heavy atom. The van der Waals surface area contributed by atoms with Crippen LogP contribution in [0.2, 0.25) is 0 Å². The molecule has 0 aromatic rings. The Kier molecular flexibility index (Phi) is 4.86. The van der Waals surface area contributed by atoms with Crippen molar-refractivity contribution >= 4 is 12.0 Å². The molecule has 0 aromatic heterocycles. The summed E-state index contributed by atoms with van der Waals surface area (Å²) in [5.41, 5.74) is 0. The Morgan fingerprint density at radius 1 is 1.30 bits per heavy atom. The van der Waals surface area contributed by atoms with E-state index in [9.17, 15) is 9.59 Å². The van der Waals surface area contributed by atoms with Crippen molar-refractivity contribution in [1.29, 1.82) is 0 Å². The van der Waals surface area contributed by atoms with Crippen LogP contribution in [0.3, 0.4) is 0 Å². The first kappa shape index (κ1) is 15.1. The number of nitrogens with one attached hydrogen (secondary N) is 1. The summed E-state index contributed by atoms with van der Waals surface area (Å²) in [5.74, 6) is -1.35. The van der Waals surface area contributed by atoms with Crippen molar-refractivity contribution in [1.82, 2.24) is 15.1 Å². The van der Waals surface area contributed by atoms with Crippen molar-refractivity contribution in [2.24, 2.45) is 11.8 Å². The van der Waals surface area contributed by atoms with Gasteiger partial charge in [0, 0.05) is 32.2 Å². The van der Waals surface area contributed by atoms with Gasteiger partial charge in [-0.3, -0.25) is 9.69 Å². The van der Waals surface area contributed by atoms with E-state index in [1.165, 1.54) is 6.42 Å². The van der Waals surface area contributed by atoms with Gasteiger partial charge in [0.25, 0.3) is 0 Å². The van der Waals surface area contributed by atoms with Crippen LogP contribution in [-0.2, 0) is 4.79 Å². The van der Waals surface area contributed by atoms with E-state index in [-0.39, 0.29) is 18.5 Å². The third-order valence-electron chi connectivity index (χ3n) is 4.47. The van der Waals surface area contributed by atoms with Crippen molar-refractivity contribution < 1.29 is 14.7 Å². The molecule has 2 fully saturated rings. The van der Waals surface area contributed by atoms with E-state index < -0.39 is 11.9 Å². The average Bonchev–Trinajstić information content (AvgIpc) is 2.84. The third-order valence-corrected chi connectivity index (χ3v) is 4.47. The van der Waals surface area contributed by atoms with Crippen LogP contribution < -0.4 is 5.32 Å². The average molecular weight is 283 g/mol. The molecule has 6 nitrogen and oxygen atoms in total. The molecule has 2 aliphatic heterocycles. The van der Waals surface area contributed by atoms with E-state index in [4.69, 9.17) is 5.11 Å². The molecule has 2 rings (SSSR count). The smallest absolute Gasteiger partial charge is 0.317 e. The fraction of sp³-hybridized carbons (Fsp3) is 0.857. The molecule has 2 amide bonds. The number of fused-ring (bicyclic) bond motifs is 1. The molecule has 6 heteroatoms. The van der Waals surface area contributed by atoms with E-state index in [1.807, 2.05) is 18.7 Å². The van der Waals surface area contributed by atoms with Crippen molar-refractivity contribution in [3.63, 3.8) is 0 Å². The molecule has 2 N–H and O–H groups in total. The van der Waals surface area contributed by atoms with Gasteiger partial charge in [0.1, 0.15) is 0 Å². The molecule has 0 aliphatic carbocycles. The van der Waals surface area contributed by atoms with E-state index in [2.05, 4.69) is 10.2 Å². The minimum atomic E-state index is -0.846. The van der Waals surface area contributed by atoms with Crippen LogP contribution in [0.4, 0.5) is 4.79 Å². The van der Waals surface area contributed by atoms with Crippen molar-refractivity contribution in [3.8, 4) is 0 Å². The summed E-state index contributed by atoms with van der Waals surface area (Å²) in [6, 6.07) is 0.373. The molecule has 0 bridgehead atoms. The summed E-state index contributed by atoms with van der Waals surface area (Å²) in [6.45, 7) is 7.52. The molecule has 2 heterocycles. The van der Waals surface area contributed by atoms with Crippen molar-refractivity contribution in [3.05, 3.63) is 0 Å². The van der Waals surface area contributed by atoms with Gasteiger partial charge < -0.3 is 15.3 Å².